The van der Waals surface area contributed by atoms with Crippen molar-refractivity contribution in [1.82, 2.24) is 24.5 Å². The third kappa shape index (κ3) is 6.70. The van der Waals surface area contributed by atoms with Gasteiger partial charge < -0.3 is 0 Å². The first-order valence-electron chi connectivity index (χ1n) is 11.7. The third-order valence-corrected chi connectivity index (χ3v) is 6.19. The highest BCUT2D eigenvalue weighted by atomic mass is 15.5. The van der Waals surface area contributed by atoms with Crippen molar-refractivity contribution < 1.29 is 0 Å². The minimum atomic E-state index is -0.238. The maximum atomic E-state index is 4.55. The SMILES string of the molecule is CCCCCCCCCCCCN(C(C)(C)n1cccn1)C(C)(C)n1cccn1. The van der Waals surface area contributed by atoms with Gasteiger partial charge in [-0.05, 0) is 46.2 Å². The molecule has 0 aliphatic carbocycles. The van der Waals surface area contributed by atoms with Crippen molar-refractivity contribution in [3.05, 3.63) is 36.9 Å². The molecule has 0 saturated heterocycles. The van der Waals surface area contributed by atoms with Gasteiger partial charge in [0.2, 0.25) is 0 Å². The lowest BCUT2D eigenvalue weighted by Crippen LogP contribution is -2.58. The van der Waals surface area contributed by atoms with Gasteiger partial charge in [0.25, 0.3) is 0 Å². The fourth-order valence-electron chi connectivity index (χ4n) is 4.41. The standard InChI is InChI=1S/C24H43N5/c1-6-7-8-9-10-11-12-13-14-15-20-27(23(2,3)28-21-16-18-25-28)24(4,5)29-22-17-19-26-29/h16-19,21-22H,6-15,20H2,1-5H3. The summed E-state index contributed by atoms with van der Waals surface area (Å²) in [4.78, 5) is 2.53. The lowest BCUT2D eigenvalue weighted by Gasteiger charge is -2.48. The van der Waals surface area contributed by atoms with Crippen LogP contribution in [0.2, 0.25) is 0 Å². The highest BCUT2D eigenvalue weighted by Crippen LogP contribution is 2.32. The Bertz CT molecular complexity index is 597. The Morgan fingerprint density at radius 2 is 1.07 bits per heavy atom. The zero-order chi connectivity index (χ0) is 21.2. The number of rotatable bonds is 15. The Balaban J connectivity index is 1.89. The van der Waals surface area contributed by atoms with Crippen molar-refractivity contribution in [2.45, 2.75) is 110 Å². The van der Waals surface area contributed by atoms with E-state index in [0.717, 1.165) is 6.54 Å². The predicted molar refractivity (Wildman–Crippen MR) is 122 cm³/mol. The van der Waals surface area contributed by atoms with Gasteiger partial charge in [-0.2, -0.15) is 10.2 Å². The Morgan fingerprint density at radius 1 is 0.655 bits per heavy atom. The topological polar surface area (TPSA) is 38.9 Å². The molecule has 0 aromatic carbocycles. The van der Waals surface area contributed by atoms with Gasteiger partial charge in [0.1, 0.15) is 11.3 Å². The smallest absolute Gasteiger partial charge is 0.111 e. The lowest BCUT2D eigenvalue weighted by atomic mass is 10.0. The van der Waals surface area contributed by atoms with Gasteiger partial charge in [0.05, 0.1) is 0 Å². The second-order valence-electron chi connectivity index (χ2n) is 9.22. The van der Waals surface area contributed by atoms with Crippen LogP contribution in [0.1, 0.15) is 98.8 Å². The first-order chi connectivity index (χ1) is 13.9. The monoisotopic (exact) mass is 401 g/mol. The zero-order valence-corrected chi connectivity index (χ0v) is 19.5. The first kappa shape index (κ1) is 23.7. The van der Waals surface area contributed by atoms with Crippen LogP contribution in [-0.2, 0) is 11.3 Å². The van der Waals surface area contributed by atoms with Crippen LogP contribution in [0.3, 0.4) is 0 Å². The molecule has 0 bridgehead atoms. The number of hydrogen-bond acceptors (Lipinski definition) is 3. The zero-order valence-electron chi connectivity index (χ0n) is 19.5. The fraction of sp³-hybridized carbons (Fsp3) is 0.750. The average Bonchev–Trinajstić information content (AvgIpc) is 3.40. The van der Waals surface area contributed by atoms with Gasteiger partial charge in [0.15, 0.2) is 0 Å². The van der Waals surface area contributed by atoms with Gasteiger partial charge in [-0.1, -0.05) is 64.7 Å². The van der Waals surface area contributed by atoms with Crippen LogP contribution in [0.25, 0.3) is 0 Å². The van der Waals surface area contributed by atoms with E-state index in [-0.39, 0.29) is 11.3 Å². The molecule has 0 fully saturated rings. The summed E-state index contributed by atoms with van der Waals surface area (Å²) in [6.07, 6.45) is 21.4. The first-order valence-corrected chi connectivity index (χ1v) is 11.7. The van der Waals surface area contributed by atoms with E-state index in [1.165, 1.54) is 64.2 Å². The summed E-state index contributed by atoms with van der Waals surface area (Å²) in [5, 5.41) is 9.10. The summed E-state index contributed by atoms with van der Waals surface area (Å²) >= 11 is 0. The minimum Gasteiger partial charge on any atom is -0.255 e. The molecule has 0 amide bonds. The van der Waals surface area contributed by atoms with Crippen molar-refractivity contribution in [2.75, 3.05) is 6.54 Å². The molecule has 0 spiro atoms. The van der Waals surface area contributed by atoms with Crippen LogP contribution >= 0.6 is 0 Å². The van der Waals surface area contributed by atoms with Crippen molar-refractivity contribution in [3.8, 4) is 0 Å². The van der Waals surface area contributed by atoms with Crippen molar-refractivity contribution in [2.24, 2.45) is 0 Å². The Labute approximate surface area is 178 Å². The quantitative estimate of drug-likeness (QED) is 0.325. The Hall–Kier alpha value is -1.62. The summed E-state index contributed by atoms with van der Waals surface area (Å²) in [7, 11) is 0. The van der Waals surface area contributed by atoms with Gasteiger partial charge in [0, 0.05) is 31.3 Å². The van der Waals surface area contributed by atoms with Crippen LogP contribution in [-0.4, -0.2) is 31.0 Å². The molecule has 2 rings (SSSR count). The molecule has 0 saturated carbocycles. The number of unbranched alkanes of at least 4 members (excludes halogenated alkanes) is 9. The van der Waals surface area contributed by atoms with Crippen LogP contribution in [0.15, 0.2) is 36.9 Å². The van der Waals surface area contributed by atoms with E-state index in [1.807, 2.05) is 24.5 Å². The van der Waals surface area contributed by atoms with E-state index >= 15 is 0 Å². The molecule has 0 radical (unpaired) electrons. The van der Waals surface area contributed by atoms with E-state index in [9.17, 15) is 0 Å². The fourth-order valence-corrected chi connectivity index (χ4v) is 4.41. The third-order valence-electron chi connectivity index (χ3n) is 6.19. The highest BCUT2D eigenvalue weighted by Gasteiger charge is 2.40. The molecular weight excluding hydrogens is 358 g/mol. The molecule has 164 valence electrons. The van der Waals surface area contributed by atoms with E-state index in [0.29, 0.717) is 0 Å². The van der Waals surface area contributed by atoms with E-state index < -0.39 is 0 Å². The van der Waals surface area contributed by atoms with Gasteiger partial charge in [-0.25, -0.2) is 0 Å². The van der Waals surface area contributed by atoms with Crippen LogP contribution < -0.4 is 0 Å². The molecule has 2 aromatic rings. The van der Waals surface area contributed by atoms with Gasteiger partial charge in [-0.3, -0.25) is 14.3 Å². The largest absolute Gasteiger partial charge is 0.255 e. The summed E-state index contributed by atoms with van der Waals surface area (Å²) < 4.78 is 4.13. The summed E-state index contributed by atoms with van der Waals surface area (Å²) in [6.45, 7) is 12.3. The lowest BCUT2D eigenvalue weighted by molar-refractivity contribution is -0.0867. The van der Waals surface area contributed by atoms with Crippen LogP contribution in [0.5, 0.6) is 0 Å². The average molecular weight is 402 g/mol. The predicted octanol–water partition coefficient (Wildman–Crippen LogP) is 6.39. The normalized spacial score (nSPS) is 12.8. The van der Waals surface area contributed by atoms with Gasteiger partial charge >= 0.3 is 0 Å². The highest BCUT2D eigenvalue weighted by molar-refractivity contribution is 4.93. The number of nitrogens with zero attached hydrogens (tertiary/aromatic N) is 5. The summed E-state index contributed by atoms with van der Waals surface area (Å²) in [5.41, 5.74) is -0.476. The van der Waals surface area contributed by atoms with E-state index in [4.69, 9.17) is 0 Å². The Morgan fingerprint density at radius 3 is 1.45 bits per heavy atom. The minimum absolute atomic E-state index is 0.238. The molecule has 0 aliphatic rings. The molecule has 2 aromatic heterocycles. The second kappa shape index (κ2) is 11.5. The molecule has 5 nitrogen and oxygen atoms in total. The van der Waals surface area contributed by atoms with Crippen molar-refractivity contribution in [1.29, 1.82) is 0 Å². The molecule has 2 heterocycles. The molecule has 0 atom stereocenters. The number of aromatic nitrogens is 4. The van der Waals surface area contributed by atoms with Crippen LogP contribution in [0.4, 0.5) is 0 Å². The summed E-state index contributed by atoms with van der Waals surface area (Å²) in [5.74, 6) is 0. The van der Waals surface area contributed by atoms with Gasteiger partial charge in [-0.15, -0.1) is 0 Å². The number of hydrogen-bond donors (Lipinski definition) is 0. The molecular formula is C24H43N5. The maximum absolute atomic E-state index is 4.55. The molecule has 0 unspecified atom stereocenters. The molecule has 0 N–H and O–H groups in total. The van der Waals surface area contributed by atoms with Crippen molar-refractivity contribution >= 4 is 0 Å². The second-order valence-corrected chi connectivity index (χ2v) is 9.22. The molecule has 5 heteroatoms. The summed E-state index contributed by atoms with van der Waals surface area (Å²) in [6, 6.07) is 4.00. The van der Waals surface area contributed by atoms with E-state index in [1.54, 1.807) is 0 Å². The van der Waals surface area contributed by atoms with E-state index in [2.05, 4.69) is 71.5 Å². The van der Waals surface area contributed by atoms with Crippen molar-refractivity contribution in [3.63, 3.8) is 0 Å². The maximum Gasteiger partial charge on any atom is 0.111 e. The Kier molecular flexibility index (Phi) is 9.41. The van der Waals surface area contributed by atoms with Crippen LogP contribution in [0, 0.1) is 0 Å². The molecule has 29 heavy (non-hydrogen) atoms. The molecule has 0 aliphatic heterocycles.